The third-order valence-electron chi connectivity index (χ3n) is 6.65. The van der Waals surface area contributed by atoms with Gasteiger partial charge in [0.1, 0.15) is 4.70 Å². The fourth-order valence-electron chi connectivity index (χ4n) is 4.58. The van der Waals surface area contributed by atoms with Crippen LogP contribution in [0, 0.1) is 23.7 Å². The van der Waals surface area contributed by atoms with Crippen LogP contribution in [0.2, 0.25) is 0 Å². The van der Waals surface area contributed by atoms with Crippen LogP contribution in [0.25, 0.3) is 21.7 Å². The molecule has 3 heterocycles. The zero-order valence-corrected chi connectivity index (χ0v) is 23.0. The number of nitrogens with zero attached hydrogens (tertiary/aromatic N) is 4. The Hall–Kier alpha value is -2.75. The van der Waals surface area contributed by atoms with Crippen molar-refractivity contribution in [2.24, 2.45) is 5.92 Å². The predicted molar refractivity (Wildman–Crippen MR) is 151 cm³/mol. The molecule has 1 saturated heterocycles. The molecule has 6 nitrogen and oxygen atoms in total. The molecule has 0 N–H and O–H groups in total. The SMILES string of the molecule is Cc1ccc(-n2c(=S)sc3c(=O)n(-c4ccccc4)c(SCC(=O)N4CCC(C)CC4)nc32)c(C)c1. The van der Waals surface area contributed by atoms with Crippen LogP contribution in [0.15, 0.2) is 58.5 Å². The second-order valence-corrected chi connectivity index (χ2v) is 12.0. The summed E-state index contributed by atoms with van der Waals surface area (Å²) in [5, 5.41) is 0.490. The minimum absolute atomic E-state index is 0.0809. The number of benzene rings is 2. The molecule has 0 saturated carbocycles. The Kier molecular flexibility index (Phi) is 7.14. The lowest BCUT2D eigenvalue weighted by atomic mass is 9.99. The molecular formula is C27H28N4O2S3. The van der Waals surface area contributed by atoms with E-state index in [0.717, 1.165) is 48.4 Å². The van der Waals surface area contributed by atoms with Crippen molar-refractivity contribution >= 4 is 51.6 Å². The number of aryl methyl sites for hydroxylation is 2. The number of piperidine rings is 1. The van der Waals surface area contributed by atoms with Crippen molar-refractivity contribution in [1.82, 2.24) is 19.0 Å². The number of hydrogen-bond donors (Lipinski definition) is 0. The molecule has 0 spiro atoms. The first-order valence-corrected chi connectivity index (χ1v) is 14.3. The largest absolute Gasteiger partial charge is 0.342 e. The molecule has 0 atom stereocenters. The summed E-state index contributed by atoms with van der Waals surface area (Å²) in [6, 6.07) is 15.6. The first-order valence-electron chi connectivity index (χ1n) is 12.1. The van der Waals surface area contributed by atoms with E-state index in [1.807, 2.05) is 65.8 Å². The van der Waals surface area contributed by atoms with Crippen molar-refractivity contribution in [2.45, 2.75) is 38.8 Å². The zero-order valence-electron chi connectivity index (χ0n) is 20.6. The van der Waals surface area contributed by atoms with Crippen molar-refractivity contribution in [3.8, 4) is 11.4 Å². The molecule has 1 aliphatic heterocycles. The van der Waals surface area contributed by atoms with Gasteiger partial charge in [-0.3, -0.25) is 18.7 Å². The number of likely N-dealkylation sites (tertiary alicyclic amines) is 1. The summed E-state index contributed by atoms with van der Waals surface area (Å²) in [4.78, 5) is 33.7. The van der Waals surface area contributed by atoms with Gasteiger partial charge in [0.15, 0.2) is 14.8 Å². The van der Waals surface area contributed by atoms with Gasteiger partial charge < -0.3 is 4.90 Å². The average Bonchev–Trinajstić information content (AvgIpc) is 3.19. The van der Waals surface area contributed by atoms with Crippen LogP contribution >= 0.6 is 35.3 Å². The van der Waals surface area contributed by atoms with Gasteiger partial charge in [-0.25, -0.2) is 4.98 Å². The monoisotopic (exact) mass is 536 g/mol. The van der Waals surface area contributed by atoms with Crippen molar-refractivity contribution in [3.63, 3.8) is 0 Å². The molecule has 5 rings (SSSR count). The van der Waals surface area contributed by atoms with E-state index in [0.29, 0.717) is 25.4 Å². The Morgan fingerprint density at radius 2 is 1.83 bits per heavy atom. The van der Waals surface area contributed by atoms with Crippen LogP contribution in [-0.4, -0.2) is 43.8 Å². The van der Waals surface area contributed by atoms with Crippen LogP contribution in [0.1, 0.15) is 30.9 Å². The fourth-order valence-corrected chi connectivity index (χ4v) is 6.78. The highest BCUT2D eigenvalue weighted by molar-refractivity contribution is 7.99. The molecule has 1 fully saturated rings. The Labute approximate surface area is 223 Å². The number of rotatable bonds is 5. The first kappa shape index (κ1) is 24.9. The zero-order chi connectivity index (χ0) is 25.4. The number of carbonyl (C=O) groups is 1. The highest BCUT2D eigenvalue weighted by Gasteiger charge is 2.23. The normalized spacial score (nSPS) is 14.5. The number of fused-ring (bicyclic) bond motifs is 1. The van der Waals surface area contributed by atoms with Crippen molar-refractivity contribution in [1.29, 1.82) is 0 Å². The first-order chi connectivity index (χ1) is 17.3. The van der Waals surface area contributed by atoms with E-state index in [2.05, 4.69) is 13.0 Å². The molecule has 9 heteroatoms. The summed E-state index contributed by atoms with van der Waals surface area (Å²) in [7, 11) is 0. The lowest BCUT2D eigenvalue weighted by Gasteiger charge is -2.30. The van der Waals surface area contributed by atoms with Gasteiger partial charge >= 0.3 is 0 Å². The molecule has 4 aromatic rings. The number of amides is 1. The highest BCUT2D eigenvalue weighted by Crippen LogP contribution is 2.29. The van der Waals surface area contributed by atoms with E-state index in [-0.39, 0.29) is 17.2 Å². The van der Waals surface area contributed by atoms with Gasteiger partial charge in [0.25, 0.3) is 5.56 Å². The van der Waals surface area contributed by atoms with Gasteiger partial charge in [-0.2, -0.15) is 0 Å². The summed E-state index contributed by atoms with van der Waals surface area (Å²) >= 11 is 8.30. The quantitative estimate of drug-likeness (QED) is 0.180. The maximum Gasteiger partial charge on any atom is 0.278 e. The Balaban J connectivity index is 1.62. The number of aromatic nitrogens is 3. The Bertz CT molecular complexity index is 1550. The molecular weight excluding hydrogens is 509 g/mol. The van der Waals surface area contributed by atoms with Crippen molar-refractivity contribution in [2.75, 3.05) is 18.8 Å². The highest BCUT2D eigenvalue weighted by atomic mass is 32.2. The lowest BCUT2D eigenvalue weighted by molar-refractivity contribution is -0.129. The third kappa shape index (κ3) is 4.79. The Morgan fingerprint density at radius 1 is 1.11 bits per heavy atom. The van der Waals surface area contributed by atoms with Gasteiger partial charge in [0.05, 0.1) is 17.1 Å². The molecule has 0 radical (unpaired) electrons. The van der Waals surface area contributed by atoms with Crippen LogP contribution in [0.4, 0.5) is 0 Å². The molecule has 0 unspecified atom stereocenters. The standard InChI is InChI=1S/C27H28N4O2S3/c1-17-11-13-29(14-12-17)22(32)16-35-26-28-24-23(25(33)30(26)20-7-5-4-6-8-20)36-27(34)31(24)21-10-9-18(2)15-19(21)3/h4-10,15,17H,11-14,16H2,1-3H3. The molecule has 2 aromatic carbocycles. The lowest BCUT2D eigenvalue weighted by Crippen LogP contribution is -2.39. The smallest absolute Gasteiger partial charge is 0.278 e. The summed E-state index contributed by atoms with van der Waals surface area (Å²) < 4.78 is 4.57. The summed E-state index contributed by atoms with van der Waals surface area (Å²) in [6.07, 6.45) is 2.06. The van der Waals surface area contributed by atoms with Crippen molar-refractivity contribution in [3.05, 3.63) is 74.0 Å². The van der Waals surface area contributed by atoms with Crippen LogP contribution in [0.3, 0.4) is 0 Å². The molecule has 0 bridgehead atoms. The summed E-state index contributed by atoms with van der Waals surface area (Å²) in [5.74, 6) is 0.964. The van der Waals surface area contributed by atoms with Gasteiger partial charge in [-0.05, 0) is 68.6 Å². The van der Waals surface area contributed by atoms with Gasteiger partial charge in [0.2, 0.25) is 5.91 Å². The Morgan fingerprint density at radius 3 is 2.53 bits per heavy atom. The maximum atomic E-state index is 13.8. The minimum Gasteiger partial charge on any atom is -0.342 e. The van der Waals surface area contributed by atoms with Crippen molar-refractivity contribution < 1.29 is 4.79 Å². The van der Waals surface area contributed by atoms with E-state index in [1.165, 1.54) is 23.1 Å². The molecule has 1 aliphatic rings. The summed E-state index contributed by atoms with van der Waals surface area (Å²) in [5.41, 5.74) is 4.21. The van der Waals surface area contributed by atoms with E-state index in [4.69, 9.17) is 17.2 Å². The van der Waals surface area contributed by atoms with Crippen LogP contribution < -0.4 is 5.56 Å². The van der Waals surface area contributed by atoms with E-state index < -0.39 is 0 Å². The summed E-state index contributed by atoms with van der Waals surface area (Å²) in [6.45, 7) is 7.89. The number of para-hydroxylation sites is 1. The van der Waals surface area contributed by atoms with Gasteiger partial charge in [-0.1, -0.05) is 65.9 Å². The molecule has 186 valence electrons. The topological polar surface area (TPSA) is 60.1 Å². The van der Waals surface area contributed by atoms with E-state index in [9.17, 15) is 9.59 Å². The van der Waals surface area contributed by atoms with Gasteiger partial charge in [-0.15, -0.1) is 0 Å². The predicted octanol–water partition coefficient (Wildman–Crippen LogP) is 5.93. The number of thioether (sulfide) groups is 1. The fraction of sp³-hybridized carbons (Fsp3) is 0.333. The minimum atomic E-state index is -0.174. The van der Waals surface area contributed by atoms with Crippen LogP contribution in [-0.2, 0) is 4.79 Å². The number of thiazole rings is 1. The van der Waals surface area contributed by atoms with E-state index >= 15 is 0 Å². The maximum absolute atomic E-state index is 13.8. The molecule has 36 heavy (non-hydrogen) atoms. The van der Waals surface area contributed by atoms with Crippen LogP contribution in [0.5, 0.6) is 0 Å². The second-order valence-electron chi connectivity index (χ2n) is 9.37. The van der Waals surface area contributed by atoms with E-state index in [1.54, 1.807) is 4.57 Å². The second kappa shape index (κ2) is 10.3. The third-order valence-corrected chi connectivity index (χ3v) is 8.92. The molecule has 1 amide bonds. The molecule has 0 aliphatic carbocycles. The molecule has 2 aromatic heterocycles. The number of carbonyl (C=O) groups excluding carboxylic acids is 1. The van der Waals surface area contributed by atoms with Gasteiger partial charge in [0, 0.05) is 13.1 Å². The average molecular weight is 537 g/mol. The number of hydrogen-bond acceptors (Lipinski definition) is 6.